The van der Waals surface area contributed by atoms with Gasteiger partial charge in [0.05, 0.1) is 34.2 Å². The number of benzene rings is 8. The zero-order chi connectivity index (χ0) is 39.8. The first-order chi connectivity index (χ1) is 29.7. The van der Waals surface area contributed by atoms with E-state index in [0.717, 1.165) is 89.2 Å². The summed E-state index contributed by atoms with van der Waals surface area (Å²) >= 11 is 0. The highest BCUT2D eigenvalue weighted by Crippen LogP contribution is 2.39. The standard InChI is InChI=1S/C56H38N4/c1-3-11-37(12-4-1)45-29-32-54-49(36-45)55(44-15-5-2-6-16-44)60-56(59-54)48-34-46(38-19-23-42(24-20-38)52-30-27-40-13-7-9-17-50(40)57-52)33-47(35-48)39-21-25-43(26-22-39)53-31-28-41-14-8-10-18-51(41)58-53/h1-36,55H,(H,59,60). The maximum Gasteiger partial charge on any atom is 0.134 e. The second-order valence-electron chi connectivity index (χ2n) is 15.3. The Hall–Kier alpha value is -7.95. The van der Waals surface area contributed by atoms with E-state index in [4.69, 9.17) is 15.0 Å². The first-order valence-electron chi connectivity index (χ1n) is 20.4. The van der Waals surface area contributed by atoms with Gasteiger partial charge < -0.3 is 5.32 Å². The van der Waals surface area contributed by atoms with Crippen LogP contribution in [-0.2, 0) is 0 Å². The molecule has 0 aliphatic carbocycles. The summed E-state index contributed by atoms with van der Waals surface area (Å²) < 4.78 is 0. The first-order valence-corrected chi connectivity index (χ1v) is 20.4. The highest BCUT2D eigenvalue weighted by Gasteiger charge is 2.25. The third-order valence-corrected chi connectivity index (χ3v) is 11.5. The molecule has 3 heterocycles. The second kappa shape index (κ2) is 15.1. The van der Waals surface area contributed by atoms with Crippen LogP contribution in [0.1, 0.15) is 22.7 Å². The predicted octanol–water partition coefficient (Wildman–Crippen LogP) is 13.9. The Bertz CT molecular complexity index is 3070. The van der Waals surface area contributed by atoms with Crippen LogP contribution in [0.5, 0.6) is 0 Å². The molecule has 0 amide bonds. The molecule has 60 heavy (non-hydrogen) atoms. The maximum atomic E-state index is 5.34. The highest BCUT2D eigenvalue weighted by atomic mass is 15.1. The fourth-order valence-electron chi connectivity index (χ4n) is 8.34. The fourth-order valence-corrected chi connectivity index (χ4v) is 8.34. The van der Waals surface area contributed by atoms with Crippen molar-refractivity contribution in [1.82, 2.24) is 15.3 Å². The normalized spacial score (nSPS) is 13.4. The smallest absolute Gasteiger partial charge is 0.134 e. The number of aromatic nitrogens is 2. The van der Waals surface area contributed by atoms with E-state index in [-0.39, 0.29) is 6.04 Å². The third kappa shape index (κ3) is 6.80. The van der Waals surface area contributed by atoms with E-state index < -0.39 is 0 Å². The van der Waals surface area contributed by atoms with E-state index in [1.165, 1.54) is 16.7 Å². The van der Waals surface area contributed by atoms with Gasteiger partial charge in [0.15, 0.2) is 0 Å². The quantitative estimate of drug-likeness (QED) is 0.176. The number of nitrogens with zero attached hydrogens (tertiary/aromatic N) is 3. The van der Waals surface area contributed by atoms with Crippen molar-refractivity contribution in [1.29, 1.82) is 0 Å². The third-order valence-electron chi connectivity index (χ3n) is 11.5. The Morgan fingerprint density at radius 2 is 0.800 bits per heavy atom. The molecular formula is C56H38N4. The van der Waals surface area contributed by atoms with Crippen LogP contribution in [0.2, 0.25) is 0 Å². The summed E-state index contributed by atoms with van der Waals surface area (Å²) in [6.45, 7) is 0. The van der Waals surface area contributed by atoms with Crippen molar-refractivity contribution >= 4 is 33.3 Å². The number of fused-ring (bicyclic) bond motifs is 3. The molecule has 0 saturated heterocycles. The van der Waals surface area contributed by atoms with Crippen LogP contribution in [0, 0.1) is 0 Å². The van der Waals surface area contributed by atoms with E-state index in [9.17, 15) is 0 Å². The number of hydrogen-bond donors (Lipinski definition) is 1. The predicted molar refractivity (Wildman–Crippen MR) is 248 cm³/mol. The van der Waals surface area contributed by atoms with Gasteiger partial charge in [-0.1, -0.05) is 164 Å². The Kier molecular flexibility index (Phi) is 8.86. The molecule has 1 aliphatic heterocycles. The largest absolute Gasteiger partial charge is 0.359 e. The molecule has 10 aromatic rings. The average molecular weight is 767 g/mol. The van der Waals surface area contributed by atoms with Gasteiger partial charge in [-0.15, -0.1) is 0 Å². The minimum absolute atomic E-state index is 0.0908. The molecular weight excluding hydrogens is 729 g/mol. The monoisotopic (exact) mass is 766 g/mol. The lowest BCUT2D eigenvalue weighted by Crippen LogP contribution is -2.32. The van der Waals surface area contributed by atoms with Crippen LogP contribution >= 0.6 is 0 Å². The molecule has 0 radical (unpaired) electrons. The summed E-state index contributed by atoms with van der Waals surface area (Å²) in [5.41, 5.74) is 17.2. The maximum absolute atomic E-state index is 5.34. The van der Waals surface area contributed by atoms with E-state index >= 15 is 0 Å². The second-order valence-corrected chi connectivity index (χ2v) is 15.3. The van der Waals surface area contributed by atoms with Gasteiger partial charge in [0.2, 0.25) is 0 Å². The van der Waals surface area contributed by atoms with E-state index in [1.807, 2.05) is 24.3 Å². The lowest BCUT2D eigenvalue weighted by atomic mass is 9.90. The van der Waals surface area contributed by atoms with Gasteiger partial charge >= 0.3 is 0 Å². The zero-order valence-electron chi connectivity index (χ0n) is 32.7. The van der Waals surface area contributed by atoms with Crippen LogP contribution in [0.15, 0.2) is 223 Å². The number of rotatable bonds is 7. The van der Waals surface area contributed by atoms with Crippen LogP contribution in [0.3, 0.4) is 0 Å². The van der Waals surface area contributed by atoms with Gasteiger partial charge in [-0.25, -0.2) is 15.0 Å². The molecule has 4 nitrogen and oxygen atoms in total. The van der Waals surface area contributed by atoms with Crippen molar-refractivity contribution in [2.24, 2.45) is 4.99 Å². The van der Waals surface area contributed by atoms with E-state index in [0.29, 0.717) is 0 Å². The summed E-state index contributed by atoms with van der Waals surface area (Å²) in [6, 6.07) is 77.1. The Balaban J connectivity index is 1.01. The fraction of sp³-hybridized carbons (Fsp3) is 0.0179. The minimum Gasteiger partial charge on any atom is -0.359 e. The summed E-state index contributed by atoms with van der Waals surface area (Å²) in [5, 5.41) is 6.17. The van der Waals surface area contributed by atoms with Gasteiger partial charge in [-0.2, -0.15) is 0 Å². The number of para-hydroxylation sites is 2. The molecule has 0 saturated carbocycles. The van der Waals surface area contributed by atoms with Crippen LogP contribution in [-0.4, -0.2) is 15.8 Å². The van der Waals surface area contributed by atoms with Gasteiger partial charge in [0, 0.05) is 33.0 Å². The summed E-state index contributed by atoms with van der Waals surface area (Å²) in [5.74, 6) is 0.834. The van der Waals surface area contributed by atoms with Crippen molar-refractivity contribution in [2.45, 2.75) is 6.04 Å². The molecule has 0 fully saturated rings. The lowest BCUT2D eigenvalue weighted by Gasteiger charge is -2.29. The molecule has 8 aromatic carbocycles. The SMILES string of the molecule is c1ccc(-c2ccc3c(c2)C(c2ccccc2)NC(c2cc(-c4ccc(-c5ccc6ccccc6n5)cc4)cc(-c4ccc(-c5ccc6ccccc6n5)cc4)c2)=N3)cc1. The Morgan fingerprint density at radius 3 is 1.38 bits per heavy atom. The summed E-state index contributed by atoms with van der Waals surface area (Å²) in [4.78, 5) is 15.3. The summed E-state index contributed by atoms with van der Waals surface area (Å²) in [7, 11) is 0. The van der Waals surface area contributed by atoms with Gasteiger partial charge in [0.25, 0.3) is 0 Å². The molecule has 2 aromatic heterocycles. The van der Waals surface area contributed by atoms with E-state index in [1.54, 1.807) is 0 Å². The number of aliphatic imine (C=N–C) groups is 1. The number of nitrogens with one attached hydrogen (secondary N) is 1. The minimum atomic E-state index is -0.0908. The lowest BCUT2D eigenvalue weighted by molar-refractivity contribution is 0.750. The molecule has 1 atom stereocenters. The van der Waals surface area contributed by atoms with Crippen molar-refractivity contribution in [3.8, 4) is 55.9 Å². The van der Waals surface area contributed by atoms with Crippen molar-refractivity contribution < 1.29 is 0 Å². The van der Waals surface area contributed by atoms with Gasteiger partial charge in [-0.05, 0) is 93.5 Å². The number of hydrogen-bond acceptors (Lipinski definition) is 4. The van der Waals surface area contributed by atoms with Crippen molar-refractivity contribution in [2.75, 3.05) is 0 Å². The molecule has 1 N–H and O–H groups in total. The Morgan fingerprint density at radius 1 is 0.333 bits per heavy atom. The molecule has 1 unspecified atom stereocenters. The number of pyridine rings is 2. The van der Waals surface area contributed by atoms with Crippen LogP contribution in [0.25, 0.3) is 77.7 Å². The van der Waals surface area contributed by atoms with Crippen LogP contribution in [0.4, 0.5) is 5.69 Å². The molecule has 282 valence electrons. The zero-order valence-corrected chi connectivity index (χ0v) is 32.7. The summed E-state index contributed by atoms with van der Waals surface area (Å²) in [6.07, 6.45) is 0. The molecule has 0 bridgehead atoms. The van der Waals surface area contributed by atoms with Crippen molar-refractivity contribution in [3.05, 3.63) is 235 Å². The molecule has 1 aliphatic rings. The molecule has 4 heteroatoms. The topological polar surface area (TPSA) is 50.2 Å². The van der Waals surface area contributed by atoms with Crippen LogP contribution < -0.4 is 5.32 Å². The number of amidine groups is 1. The molecule has 0 spiro atoms. The van der Waals surface area contributed by atoms with E-state index in [2.05, 4.69) is 199 Å². The highest BCUT2D eigenvalue weighted by molar-refractivity contribution is 6.04. The van der Waals surface area contributed by atoms with Gasteiger partial charge in [0.1, 0.15) is 5.84 Å². The Labute approximate surface area is 349 Å². The molecule has 11 rings (SSSR count). The first kappa shape index (κ1) is 35.2. The van der Waals surface area contributed by atoms with Gasteiger partial charge in [-0.3, -0.25) is 0 Å². The van der Waals surface area contributed by atoms with Crippen molar-refractivity contribution in [3.63, 3.8) is 0 Å². The average Bonchev–Trinajstić information content (AvgIpc) is 3.33.